The molecule has 0 aliphatic rings. The van der Waals surface area contributed by atoms with Crippen LogP contribution in [0.4, 0.5) is 5.88 Å². The monoisotopic (exact) mass is 129 g/mol. The molecule has 48 valence electrons. The molecule has 0 saturated heterocycles. The largest absolute Gasteiger partial charge is 0.481 e. The molecule has 1 aromatic heterocycles. The Morgan fingerprint density at radius 1 is 1.67 bits per heavy atom. The molecule has 0 bridgehead atoms. The van der Waals surface area contributed by atoms with E-state index in [2.05, 4.69) is 4.42 Å². The molecule has 0 unspecified atom stereocenters. The third kappa shape index (κ3) is 0.987. The maximum atomic E-state index is 9.81. The molecule has 0 aromatic carbocycles. The Balaban J connectivity index is 2.98. The number of furan rings is 1. The van der Waals surface area contributed by atoms with Gasteiger partial charge in [0, 0.05) is 6.07 Å². The molecule has 0 saturated carbocycles. The van der Waals surface area contributed by atoms with Gasteiger partial charge in [0.25, 0.3) is 5.95 Å². The van der Waals surface area contributed by atoms with Gasteiger partial charge in [-0.1, -0.05) is 0 Å². The number of hydrogen-bond acceptors (Lipinski definition) is 4. The van der Waals surface area contributed by atoms with E-state index in [1.54, 1.807) is 0 Å². The standard InChI is InChI=1S/C4H3NO4/c6-4-2-1-3(9-4)5(7)8/h1-2,6H. The van der Waals surface area contributed by atoms with Crippen molar-refractivity contribution in [3.63, 3.8) is 0 Å². The number of nitro groups is 1. The average Bonchev–Trinajstić information content (AvgIpc) is 2.14. The van der Waals surface area contributed by atoms with Crippen molar-refractivity contribution in [1.29, 1.82) is 0 Å². The molecule has 0 amide bonds. The molecular weight excluding hydrogens is 126 g/mol. The van der Waals surface area contributed by atoms with Crippen molar-refractivity contribution in [2.45, 2.75) is 0 Å². The van der Waals surface area contributed by atoms with Gasteiger partial charge in [0.05, 0.1) is 6.07 Å². The predicted molar refractivity (Wildman–Crippen MR) is 27.0 cm³/mol. The van der Waals surface area contributed by atoms with E-state index in [0.717, 1.165) is 12.1 Å². The Labute approximate surface area is 49.7 Å². The first kappa shape index (κ1) is 5.61. The summed E-state index contributed by atoms with van der Waals surface area (Å²) < 4.78 is 4.20. The number of aromatic hydroxyl groups is 1. The summed E-state index contributed by atoms with van der Waals surface area (Å²) in [6, 6.07) is 2.19. The van der Waals surface area contributed by atoms with Gasteiger partial charge in [-0.05, 0) is 0 Å². The van der Waals surface area contributed by atoms with Crippen LogP contribution in [-0.4, -0.2) is 10.0 Å². The molecule has 1 rings (SSSR count). The third-order valence-electron chi connectivity index (χ3n) is 0.758. The summed E-state index contributed by atoms with van der Waals surface area (Å²) in [5.41, 5.74) is 0. The van der Waals surface area contributed by atoms with Gasteiger partial charge in [0.15, 0.2) is 0 Å². The molecule has 1 aromatic rings. The molecule has 0 aliphatic carbocycles. The van der Waals surface area contributed by atoms with Gasteiger partial charge in [-0.2, -0.15) is 0 Å². The van der Waals surface area contributed by atoms with Crippen molar-refractivity contribution >= 4 is 5.88 Å². The summed E-state index contributed by atoms with van der Waals surface area (Å²) in [6.45, 7) is 0. The summed E-state index contributed by atoms with van der Waals surface area (Å²) in [7, 11) is 0. The van der Waals surface area contributed by atoms with Crippen LogP contribution >= 0.6 is 0 Å². The van der Waals surface area contributed by atoms with Gasteiger partial charge in [-0.15, -0.1) is 0 Å². The zero-order chi connectivity index (χ0) is 6.85. The third-order valence-corrected chi connectivity index (χ3v) is 0.758. The van der Waals surface area contributed by atoms with Crippen LogP contribution in [0, 0.1) is 10.1 Å². The smallest absolute Gasteiger partial charge is 0.436 e. The first-order valence-corrected chi connectivity index (χ1v) is 2.13. The Morgan fingerprint density at radius 3 is 2.56 bits per heavy atom. The van der Waals surface area contributed by atoms with Gasteiger partial charge < -0.3 is 9.52 Å². The number of rotatable bonds is 1. The molecule has 0 spiro atoms. The molecule has 1 heterocycles. The minimum Gasteiger partial charge on any atom is -0.481 e. The molecule has 0 aliphatic heterocycles. The molecule has 0 fully saturated rings. The summed E-state index contributed by atoms with van der Waals surface area (Å²) >= 11 is 0. The molecular formula is C4H3NO4. The summed E-state index contributed by atoms with van der Waals surface area (Å²) in [5, 5.41) is 18.2. The lowest BCUT2D eigenvalue weighted by atomic mass is 10.6. The zero-order valence-corrected chi connectivity index (χ0v) is 4.27. The first-order chi connectivity index (χ1) is 4.20. The van der Waals surface area contributed by atoms with Crippen molar-refractivity contribution in [3.8, 4) is 5.95 Å². The number of nitrogens with zero attached hydrogens (tertiary/aromatic N) is 1. The van der Waals surface area contributed by atoms with Crippen LogP contribution in [-0.2, 0) is 0 Å². The fourth-order valence-corrected chi connectivity index (χ4v) is 0.416. The summed E-state index contributed by atoms with van der Waals surface area (Å²) in [6.07, 6.45) is 0. The quantitative estimate of drug-likeness (QED) is 0.451. The van der Waals surface area contributed by atoms with Gasteiger partial charge in [0.1, 0.15) is 4.92 Å². The van der Waals surface area contributed by atoms with Gasteiger partial charge in [-0.25, -0.2) is 0 Å². The van der Waals surface area contributed by atoms with E-state index in [0.29, 0.717) is 0 Å². The lowest BCUT2D eigenvalue weighted by Crippen LogP contribution is -1.82. The van der Waals surface area contributed by atoms with Crippen LogP contribution < -0.4 is 0 Å². The van der Waals surface area contributed by atoms with E-state index in [-0.39, 0.29) is 0 Å². The summed E-state index contributed by atoms with van der Waals surface area (Å²) in [4.78, 5) is 9.09. The topological polar surface area (TPSA) is 76.5 Å². The normalized spacial score (nSPS) is 9.33. The van der Waals surface area contributed by atoms with Gasteiger partial charge in [-0.3, -0.25) is 10.1 Å². The zero-order valence-electron chi connectivity index (χ0n) is 4.27. The van der Waals surface area contributed by atoms with E-state index in [9.17, 15) is 10.1 Å². The first-order valence-electron chi connectivity index (χ1n) is 2.13. The van der Waals surface area contributed by atoms with E-state index < -0.39 is 16.8 Å². The van der Waals surface area contributed by atoms with Crippen LogP contribution in [0.5, 0.6) is 5.95 Å². The van der Waals surface area contributed by atoms with E-state index >= 15 is 0 Å². The molecule has 0 atom stereocenters. The second-order valence-corrected chi connectivity index (χ2v) is 1.37. The van der Waals surface area contributed by atoms with Crippen LogP contribution in [0.2, 0.25) is 0 Å². The van der Waals surface area contributed by atoms with E-state index in [1.165, 1.54) is 0 Å². The molecule has 0 radical (unpaired) electrons. The Kier molecular flexibility index (Phi) is 1.11. The molecule has 1 N–H and O–H groups in total. The highest BCUT2D eigenvalue weighted by Gasteiger charge is 2.09. The van der Waals surface area contributed by atoms with Crippen LogP contribution in [0.15, 0.2) is 16.5 Å². The summed E-state index contributed by atoms with van der Waals surface area (Å²) in [5.74, 6) is -0.894. The lowest BCUT2D eigenvalue weighted by molar-refractivity contribution is -0.402. The molecule has 5 heteroatoms. The van der Waals surface area contributed by atoms with Crippen LogP contribution in [0.25, 0.3) is 0 Å². The van der Waals surface area contributed by atoms with Crippen molar-refractivity contribution in [2.75, 3.05) is 0 Å². The molecule has 5 nitrogen and oxygen atoms in total. The van der Waals surface area contributed by atoms with Crippen LogP contribution in [0.1, 0.15) is 0 Å². The van der Waals surface area contributed by atoms with Crippen molar-refractivity contribution < 1.29 is 14.4 Å². The van der Waals surface area contributed by atoms with E-state index in [1.807, 2.05) is 0 Å². The minimum absolute atomic E-state index is 0.443. The maximum Gasteiger partial charge on any atom is 0.436 e. The Bertz CT molecular complexity index is 228. The van der Waals surface area contributed by atoms with Crippen LogP contribution in [0.3, 0.4) is 0 Å². The minimum atomic E-state index is -0.722. The van der Waals surface area contributed by atoms with Crippen molar-refractivity contribution in [1.82, 2.24) is 0 Å². The fourth-order valence-electron chi connectivity index (χ4n) is 0.416. The van der Waals surface area contributed by atoms with Crippen molar-refractivity contribution in [2.24, 2.45) is 0 Å². The molecule has 9 heavy (non-hydrogen) atoms. The average molecular weight is 129 g/mol. The SMILES string of the molecule is O=[N+]([O-])c1ccc(O)o1. The second kappa shape index (κ2) is 1.77. The van der Waals surface area contributed by atoms with Crippen molar-refractivity contribution in [3.05, 3.63) is 22.2 Å². The highest BCUT2D eigenvalue weighted by atomic mass is 16.7. The predicted octanol–water partition coefficient (Wildman–Crippen LogP) is 0.893. The highest BCUT2D eigenvalue weighted by Crippen LogP contribution is 2.19. The lowest BCUT2D eigenvalue weighted by Gasteiger charge is -1.78. The highest BCUT2D eigenvalue weighted by molar-refractivity contribution is 5.19. The second-order valence-electron chi connectivity index (χ2n) is 1.37. The number of hydrogen-bond donors (Lipinski definition) is 1. The van der Waals surface area contributed by atoms with Gasteiger partial charge in [0.2, 0.25) is 0 Å². The van der Waals surface area contributed by atoms with Gasteiger partial charge >= 0.3 is 5.88 Å². The van der Waals surface area contributed by atoms with E-state index in [4.69, 9.17) is 5.11 Å². The Hall–Kier alpha value is -1.52. The maximum absolute atomic E-state index is 9.81. The Morgan fingerprint density at radius 2 is 2.33 bits per heavy atom. The fraction of sp³-hybridized carbons (Fsp3) is 0.